The van der Waals surface area contributed by atoms with Crippen molar-refractivity contribution in [3.63, 3.8) is 0 Å². The Morgan fingerprint density at radius 2 is 2.17 bits per heavy atom. The van der Waals surface area contributed by atoms with Crippen molar-refractivity contribution in [2.45, 2.75) is 6.54 Å². The van der Waals surface area contributed by atoms with Gasteiger partial charge >= 0.3 is 0 Å². The number of benzene rings is 1. The molecule has 0 aliphatic rings. The Labute approximate surface area is 108 Å². The van der Waals surface area contributed by atoms with E-state index in [1.807, 2.05) is 0 Å². The zero-order valence-electron chi connectivity index (χ0n) is 9.35. The van der Waals surface area contributed by atoms with Gasteiger partial charge in [0.25, 0.3) is 0 Å². The minimum Gasteiger partial charge on any atom is -0.409 e. The average Bonchev–Trinajstić information content (AvgIpc) is 2.81. The highest BCUT2D eigenvalue weighted by molar-refractivity contribution is 6.31. The summed E-state index contributed by atoms with van der Waals surface area (Å²) in [6, 6.07) is 7.90. The Morgan fingerprint density at radius 1 is 1.39 bits per heavy atom. The number of hydrogen-bond acceptors (Lipinski definition) is 2. The van der Waals surface area contributed by atoms with Crippen molar-refractivity contribution in [2.24, 2.45) is 10.9 Å². The molecule has 1 aromatic carbocycles. The standard InChI is InChI=1S/C12H11ClFN3O/c13-9-3-1-4-10(14)8(9)7-17-6-2-5-11(17)12(15)16-18/h1-6,18H,7H2,(H2,15,16). The van der Waals surface area contributed by atoms with E-state index >= 15 is 0 Å². The smallest absolute Gasteiger partial charge is 0.186 e. The molecule has 94 valence electrons. The maximum atomic E-state index is 13.6. The van der Waals surface area contributed by atoms with Crippen LogP contribution in [0.2, 0.25) is 5.02 Å². The molecule has 0 radical (unpaired) electrons. The molecule has 0 bridgehead atoms. The molecule has 2 rings (SSSR count). The number of hydrogen-bond donors (Lipinski definition) is 2. The normalized spacial score (nSPS) is 11.8. The second-order valence-electron chi connectivity index (χ2n) is 3.71. The van der Waals surface area contributed by atoms with E-state index in [1.54, 1.807) is 35.0 Å². The molecule has 0 spiro atoms. The number of nitrogens with two attached hydrogens (primary N) is 1. The SMILES string of the molecule is N/C(=N/O)c1cccn1Cc1c(F)cccc1Cl. The molecule has 0 saturated heterocycles. The van der Waals surface area contributed by atoms with Crippen LogP contribution in [0.1, 0.15) is 11.3 Å². The fraction of sp³-hybridized carbons (Fsp3) is 0.0833. The number of nitrogens with zero attached hydrogens (tertiary/aromatic N) is 2. The molecule has 0 fully saturated rings. The summed E-state index contributed by atoms with van der Waals surface area (Å²) in [6.07, 6.45) is 1.70. The fourth-order valence-corrected chi connectivity index (χ4v) is 1.91. The van der Waals surface area contributed by atoms with Gasteiger partial charge in [0.05, 0.1) is 12.2 Å². The van der Waals surface area contributed by atoms with Crippen LogP contribution < -0.4 is 5.73 Å². The van der Waals surface area contributed by atoms with Crippen molar-refractivity contribution in [3.8, 4) is 0 Å². The quantitative estimate of drug-likeness (QED) is 0.388. The summed E-state index contributed by atoms with van der Waals surface area (Å²) in [5.74, 6) is -0.422. The van der Waals surface area contributed by atoms with Crippen molar-refractivity contribution in [1.29, 1.82) is 0 Å². The number of rotatable bonds is 3. The third kappa shape index (κ3) is 2.31. The summed E-state index contributed by atoms with van der Waals surface area (Å²) in [5.41, 5.74) is 6.38. The first kappa shape index (κ1) is 12.4. The third-order valence-electron chi connectivity index (χ3n) is 2.59. The molecule has 1 aromatic heterocycles. The predicted molar refractivity (Wildman–Crippen MR) is 67.5 cm³/mol. The number of amidine groups is 1. The molecule has 0 amide bonds. The average molecular weight is 268 g/mol. The maximum Gasteiger partial charge on any atom is 0.186 e. The summed E-state index contributed by atoms with van der Waals surface area (Å²) in [7, 11) is 0. The Kier molecular flexibility index (Phi) is 3.53. The first-order valence-corrected chi connectivity index (χ1v) is 5.57. The summed E-state index contributed by atoms with van der Waals surface area (Å²) in [6.45, 7) is 0.212. The highest BCUT2D eigenvalue weighted by Crippen LogP contribution is 2.20. The Hall–Kier alpha value is -2.01. The minimum absolute atomic E-state index is 0.0348. The van der Waals surface area contributed by atoms with Crippen molar-refractivity contribution >= 4 is 17.4 Å². The third-order valence-corrected chi connectivity index (χ3v) is 2.94. The van der Waals surface area contributed by atoms with Gasteiger partial charge in [-0.05, 0) is 24.3 Å². The highest BCUT2D eigenvalue weighted by atomic mass is 35.5. The van der Waals surface area contributed by atoms with Gasteiger partial charge < -0.3 is 15.5 Å². The second-order valence-corrected chi connectivity index (χ2v) is 4.11. The van der Waals surface area contributed by atoms with Gasteiger partial charge in [0.2, 0.25) is 0 Å². The lowest BCUT2D eigenvalue weighted by atomic mass is 10.2. The Bertz CT molecular complexity index is 575. The van der Waals surface area contributed by atoms with Crippen LogP contribution in [0.3, 0.4) is 0 Å². The molecule has 4 nitrogen and oxygen atoms in total. The molecule has 3 N–H and O–H groups in total. The van der Waals surface area contributed by atoms with Gasteiger partial charge in [0.1, 0.15) is 5.82 Å². The zero-order valence-corrected chi connectivity index (χ0v) is 10.1. The van der Waals surface area contributed by atoms with Gasteiger partial charge in [-0.1, -0.05) is 22.8 Å². The van der Waals surface area contributed by atoms with Crippen molar-refractivity contribution in [2.75, 3.05) is 0 Å². The molecule has 6 heteroatoms. The molecule has 0 unspecified atom stereocenters. The summed E-state index contributed by atoms with van der Waals surface area (Å²) in [4.78, 5) is 0. The Balaban J connectivity index is 2.38. The number of halogens is 2. The van der Waals surface area contributed by atoms with Crippen LogP contribution in [-0.4, -0.2) is 15.6 Å². The zero-order chi connectivity index (χ0) is 13.1. The molecule has 0 aliphatic heterocycles. The number of oxime groups is 1. The molecular weight excluding hydrogens is 257 g/mol. The molecular formula is C12H11ClFN3O. The lowest BCUT2D eigenvalue weighted by Crippen LogP contribution is -2.18. The monoisotopic (exact) mass is 267 g/mol. The molecule has 0 aliphatic carbocycles. The van der Waals surface area contributed by atoms with E-state index < -0.39 is 0 Å². The fourth-order valence-electron chi connectivity index (χ4n) is 1.69. The second kappa shape index (κ2) is 5.10. The lowest BCUT2D eigenvalue weighted by molar-refractivity contribution is 0.318. The van der Waals surface area contributed by atoms with E-state index in [-0.39, 0.29) is 18.2 Å². The van der Waals surface area contributed by atoms with Gasteiger partial charge in [0, 0.05) is 16.8 Å². The lowest BCUT2D eigenvalue weighted by Gasteiger charge is -2.10. The predicted octanol–water partition coefficient (Wildman–Crippen LogP) is 2.42. The summed E-state index contributed by atoms with van der Waals surface area (Å²) in [5, 5.41) is 11.9. The summed E-state index contributed by atoms with van der Waals surface area (Å²) < 4.78 is 15.3. The van der Waals surface area contributed by atoms with Crippen LogP contribution >= 0.6 is 11.6 Å². The van der Waals surface area contributed by atoms with E-state index in [0.29, 0.717) is 16.3 Å². The van der Waals surface area contributed by atoms with Crippen LogP contribution in [0.25, 0.3) is 0 Å². The molecule has 1 heterocycles. The van der Waals surface area contributed by atoms with Crippen LogP contribution in [0.5, 0.6) is 0 Å². The van der Waals surface area contributed by atoms with E-state index in [4.69, 9.17) is 22.5 Å². The van der Waals surface area contributed by atoms with Gasteiger partial charge in [-0.15, -0.1) is 0 Å². The molecule has 0 atom stereocenters. The number of aromatic nitrogens is 1. The van der Waals surface area contributed by atoms with Crippen molar-refractivity contribution in [1.82, 2.24) is 4.57 Å². The van der Waals surface area contributed by atoms with Gasteiger partial charge in [-0.25, -0.2) is 4.39 Å². The van der Waals surface area contributed by atoms with Crippen molar-refractivity contribution in [3.05, 3.63) is 58.6 Å². The first-order chi connectivity index (χ1) is 8.63. The van der Waals surface area contributed by atoms with E-state index in [2.05, 4.69) is 5.16 Å². The maximum absolute atomic E-state index is 13.6. The van der Waals surface area contributed by atoms with Gasteiger partial charge in [0.15, 0.2) is 5.84 Å². The van der Waals surface area contributed by atoms with Gasteiger partial charge in [-0.3, -0.25) is 0 Å². The first-order valence-electron chi connectivity index (χ1n) is 5.19. The van der Waals surface area contributed by atoms with Gasteiger partial charge in [-0.2, -0.15) is 0 Å². The molecule has 2 aromatic rings. The Morgan fingerprint density at radius 3 is 2.83 bits per heavy atom. The minimum atomic E-state index is -0.387. The van der Waals surface area contributed by atoms with Crippen LogP contribution in [0.4, 0.5) is 4.39 Å². The van der Waals surface area contributed by atoms with E-state index in [0.717, 1.165) is 0 Å². The highest BCUT2D eigenvalue weighted by Gasteiger charge is 2.11. The van der Waals surface area contributed by atoms with E-state index in [9.17, 15) is 4.39 Å². The van der Waals surface area contributed by atoms with Crippen LogP contribution in [-0.2, 0) is 6.54 Å². The van der Waals surface area contributed by atoms with Crippen molar-refractivity contribution < 1.29 is 9.60 Å². The largest absolute Gasteiger partial charge is 0.409 e. The molecule has 0 saturated carbocycles. The summed E-state index contributed by atoms with van der Waals surface area (Å²) >= 11 is 5.95. The van der Waals surface area contributed by atoms with Crippen LogP contribution in [0.15, 0.2) is 41.7 Å². The molecule has 18 heavy (non-hydrogen) atoms. The van der Waals surface area contributed by atoms with E-state index in [1.165, 1.54) is 6.07 Å². The van der Waals surface area contributed by atoms with Crippen LogP contribution in [0, 0.1) is 5.82 Å². The topological polar surface area (TPSA) is 63.5 Å².